The first-order chi connectivity index (χ1) is 20.2. The summed E-state index contributed by atoms with van der Waals surface area (Å²) in [6.07, 6.45) is 6.79. The van der Waals surface area contributed by atoms with Crippen LogP contribution < -0.4 is 16.0 Å². The Hall–Kier alpha value is -4.06. The molecule has 1 aliphatic heterocycles. The van der Waals surface area contributed by atoms with Crippen LogP contribution in [0.2, 0.25) is 0 Å². The molecule has 0 radical (unpaired) electrons. The number of hydrogen-bond donors (Lipinski definition) is 3. The van der Waals surface area contributed by atoms with Gasteiger partial charge in [-0.25, -0.2) is 0 Å². The summed E-state index contributed by atoms with van der Waals surface area (Å²) in [5.74, 6) is -0.360. The first-order valence-electron chi connectivity index (χ1n) is 15.1. The molecule has 1 aliphatic rings. The third kappa shape index (κ3) is 9.51. The first-order valence-corrected chi connectivity index (χ1v) is 15.1. The number of benzene rings is 2. The summed E-state index contributed by atoms with van der Waals surface area (Å²) in [6, 6.07) is 19.8. The SMILES string of the molecule is C=C(C[C@H](CCC)N(C)C(=C)/C(=C/c1ccccc1)CC)NC(C[C@@H]1CCNC1=O)C(=O)C(=C)NCc1ccccc1. The van der Waals surface area contributed by atoms with Crippen LogP contribution in [0.1, 0.15) is 63.5 Å². The lowest BCUT2D eigenvalue weighted by Crippen LogP contribution is -2.43. The van der Waals surface area contributed by atoms with Crippen molar-refractivity contribution in [2.75, 3.05) is 13.6 Å². The molecule has 1 fully saturated rings. The Bertz CT molecular complexity index is 1250. The Morgan fingerprint density at radius 3 is 2.33 bits per heavy atom. The van der Waals surface area contributed by atoms with Crippen molar-refractivity contribution in [3.05, 3.63) is 114 Å². The van der Waals surface area contributed by atoms with Crippen LogP contribution >= 0.6 is 0 Å². The number of nitrogens with zero attached hydrogens (tertiary/aromatic N) is 1. The Balaban J connectivity index is 1.71. The van der Waals surface area contributed by atoms with E-state index in [-0.39, 0.29) is 23.7 Å². The molecule has 2 aromatic rings. The molecule has 1 amide bonds. The zero-order valence-corrected chi connectivity index (χ0v) is 25.6. The van der Waals surface area contributed by atoms with Crippen LogP contribution in [0.5, 0.6) is 0 Å². The van der Waals surface area contributed by atoms with E-state index in [1.165, 1.54) is 5.57 Å². The first kappa shape index (κ1) is 32.5. The van der Waals surface area contributed by atoms with Gasteiger partial charge >= 0.3 is 0 Å². The van der Waals surface area contributed by atoms with Crippen LogP contribution in [-0.2, 0) is 16.1 Å². The number of rotatable bonds is 18. The van der Waals surface area contributed by atoms with Crippen LogP contribution in [-0.4, -0.2) is 42.3 Å². The lowest BCUT2D eigenvalue weighted by molar-refractivity contribution is -0.123. The van der Waals surface area contributed by atoms with Crippen molar-refractivity contribution in [1.29, 1.82) is 0 Å². The highest BCUT2D eigenvalue weighted by Gasteiger charge is 2.32. The standard InChI is InChI=1S/C36H48N4O2/c1-7-15-33(40(6)28(5)31(8-2)23-29-16-11-9-12-17-29)22-26(3)39-34(24-32-20-21-37-36(32)42)35(41)27(4)38-25-30-18-13-10-14-19-30/h9-14,16-19,23,32-34,38-39H,3-5,7-8,15,20-22,24-25H2,1-2,6H3,(H,37,42)/b31-23+/t32-,33-,34?/m0/s1. The molecule has 224 valence electrons. The molecule has 0 saturated carbocycles. The van der Waals surface area contributed by atoms with Gasteiger partial charge in [0.1, 0.15) is 0 Å². The number of hydrogen-bond acceptors (Lipinski definition) is 5. The molecule has 0 aromatic heterocycles. The fraction of sp³-hybridized carbons (Fsp3) is 0.389. The second-order valence-electron chi connectivity index (χ2n) is 11.1. The van der Waals surface area contributed by atoms with Gasteiger partial charge in [-0.1, -0.05) is 101 Å². The molecule has 0 spiro atoms. The normalized spacial score (nSPS) is 16.2. The van der Waals surface area contributed by atoms with Gasteiger partial charge in [0.25, 0.3) is 0 Å². The van der Waals surface area contributed by atoms with E-state index in [1.807, 2.05) is 48.5 Å². The average molecular weight is 569 g/mol. The summed E-state index contributed by atoms with van der Waals surface area (Å²) >= 11 is 0. The van der Waals surface area contributed by atoms with Crippen molar-refractivity contribution in [3.63, 3.8) is 0 Å². The van der Waals surface area contributed by atoms with E-state index in [9.17, 15) is 9.59 Å². The van der Waals surface area contributed by atoms with Crippen molar-refractivity contribution in [3.8, 4) is 0 Å². The van der Waals surface area contributed by atoms with Crippen LogP contribution in [0.15, 0.2) is 103 Å². The predicted octanol–water partition coefficient (Wildman–Crippen LogP) is 6.36. The molecule has 1 heterocycles. The van der Waals surface area contributed by atoms with Gasteiger partial charge in [-0.15, -0.1) is 0 Å². The zero-order valence-electron chi connectivity index (χ0n) is 25.6. The number of Topliss-reactive ketones (excluding diaryl/α,β-unsaturated/α-hetero) is 1. The van der Waals surface area contributed by atoms with E-state index in [2.05, 4.69) is 79.7 Å². The maximum Gasteiger partial charge on any atom is 0.223 e. The largest absolute Gasteiger partial charge is 0.379 e. The van der Waals surface area contributed by atoms with E-state index in [0.29, 0.717) is 31.6 Å². The van der Waals surface area contributed by atoms with Gasteiger partial charge in [-0.3, -0.25) is 9.59 Å². The van der Waals surface area contributed by atoms with Gasteiger partial charge < -0.3 is 20.9 Å². The van der Waals surface area contributed by atoms with Gasteiger partial charge in [0, 0.05) is 49.9 Å². The van der Waals surface area contributed by atoms with Gasteiger partial charge in [0.2, 0.25) is 5.91 Å². The van der Waals surface area contributed by atoms with Gasteiger partial charge in [-0.05, 0) is 48.5 Å². The molecule has 0 bridgehead atoms. The highest BCUT2D eigenvalue weighted by molar-refractivity contribution is 5.99. The number of ketones is 1. The highest BCUT2D eigenvalue weighted by atomic mass is 16.2. The van der Waals surface area contributed by atoms with Crippen LogP contribution in [0.25, 0.3) is 6.08 Å². The number of carbonyl (C=O) groups is 2. The molecule has 0 aliphatic carbocycles. The molecule has 42 heavy (non-hydrogen) atoms. The van der Waals surface area contributed by atoms with Gasteiger partial charge in [-0.2, -0.15) is 0 Å². The van der Waals surface area contributed by atoms with E-state index in [4.69, 9.17) is 0 Å². The summed E-state index contributed by atoms with van der Waals surface area (Å²) in [7, 11) is 2.09. The van der Waals surface area contributed by atoms with E-state index in [1.54, 1.807) is 0 Å². The van der Waals surface area contributed by atoms with Crippen LogP contribution in [0.3, 0.4) is 0 Å². The molecule has 3 rings (SSSR count). The van der Waals surface area contributed by atoms with Crippen molar-refractivity contribution in [2.45, 2.75) is 71.0 Å². The Kier molecular flexibility index (Phi) is 12.7. The smallest absolute Gasteiger partial charge is 0.223 e. The maximum atomic E-state index is 13.6. The van der Waals surface area contributed by atoms with Gasteiger partial charge in [0.15, 0.2) is 5.78 Å². The fourth-order valence-corrected chi connectivity index (χ4v) is 5.43. The molecular weight excluding hydrogens is 520 g/mol. The van der Waals surface area contributed by atoms with E-state index >= 15 is 0 Å². The van der Waals surface area contributed by atoms with Crippen molar-refractivity contribution in [2.24, 2.45) is 5.92 Å². The number of carbonyl (C=O) groups excluding carboxylic acids is 2. The quantitative estimate of drug-likeness (QED) is 0.144. The van der Waals surface area contributed by atoms with Crippen LogP contribution in [0, 0.1) is 5.92 Å². The molecule has 1 saturated heterocycles. The van der Waals surface area contributed by atoms with Crippen molar-refractivity contribution in [1.82, 2.24) is 20.9 Å². The van der Waals surface area contributed by atoms with Crippen molar-refractivity contribution >= 4 is 17.8 Å². The summed E-state index contributed by atoms with van der Waals surface area (Å²) in [6.45, 7) is 18.3. The molecule has 6 heteroatoms. The monoisotopic (exact) mass is 568 g/mol. The van der Waals surface area contributed by atoms with Crippen molar-refractivity contribution < 1.29 is 9.59 Å². The number of allylic oxidation sites excluding steroid dienone is 1. The van der Waals surface area contributed by atoms with Gasteiger partial charge in [0.05, 0.1) is 11.7 Å². The lowest BCUT2D eigenvalue weighted by Gasteiger charge is -2.34. The zero-order chi connectivity index (χ0) is 30.5. The Labute approximate surface area is 252 Å². The second kappa shape index (κ2) is 16.4. The highest BCUT2D eigenvalue weighted by Crippen LogP contribution is 2.26. The summed E-state index contributed by atoms with van der Waals surface area (Å²) < 4.78 is 0. The topological polar surface area (TPSA) is 73.5 Å². The number of amides is 1. The predicted molar refractivity (Wildman–Crippen MR) is 174 cm³/mol. The number of nitrogens with one attached hydrogen (secondary N) is 3. The molecule has 2 aromatic carbocycles. The average Bonchev–Trinajstić information content (AvgIpc) is 3.41. The Morgan fingerprint density at radius 2 is 1.74 bits per heavy atom. The maximum absolute atomic E-state index is 13.6. The molecular formula is C36H48N4O2. The number of likely N-dealkylation sites (N-methyl/N-ethyl adjacent to an activating group) is 1. The fourth-order valence-electron chi connectivity index (χ4n) is 5.43. The van der Waals surface area contributed by atoms with Crippen LogP contribution in [0.4, 0.5) is 0 Å². The minimum Gasteiger partial charge on any atom is -0.379 e. The third-order valence-electron chi connectivity index (χ3n) is 7.99. The third-order valence-corrected chi connectivity index (χ3v) is 7.99. The Morgan fingerprint density at radius 1 is 1.07 bits per heavy atom. The molecule has 1 unspecified atom stereocenters. The lowest BCUT2D eigenvalue weighted by atomic mass is 9.94. The summed E-state index contributed by atoms with van der Waals surface area (Å²) in [5.41, 5.74) is 5.49. The summed E-state index contributed by atoms with van der Waals surface area (Å²) in [4.78, 5) is 28.3. The molecule has 3 atom stereocenters. The molecule has 3 N–H and O–H groups in total. The molecule has 6 nitrogen and oxygen atoms in total. The second-order valence-corrected chi connectivity index (χ2v) is 11.1. The minimum absolute atomic E-state index is 0.000240. The van der Waals surface area contributed by atoms with E-state index < -0.39 is 6.04 Å². The summed E-state index contributed by atoms with van der Waals surface area (Å²) in [5, 5.41) is 9.49. The minimum atomic E-state index is -0.595. The van der Waals surface area contributed by atoms with E-state index in [0.717, 1.165) is 48.2 Å².